The number of carbonyl (C=O) groups excluding carboxylic acids is 1. The molecule has 0 bridgehead atoms. The lowest BCUT2D eigenvalue weighted by molar-refractivity contribution is 0.112. The molecule has 2 aromatic rings. The summed E-state index contributed by atoms with van der Waals surface area (Å²) >= 11 is 6.99. The van der Waals surface area contributed by atoms with E-state index < -0.39 is 4.87 Å². The van der Waals surface area contributed by atoms with Crippen molar-refractivity contribution in [2.75, 3.05) is 0 Å². The Morgan fingerprint density at radius 1 is 1.29 bits per heavy atom. The molecule has 3 rings (SSSR count). The van der Waals surface area contributed by atoms with Crippen LogP contribution in [0.5, 0.6) is 0 Å². The molecule has 24 heavy (non-hydrogen) atoms. The van der Waals surface area contributed by atoms with Crippen LogP contribution in [0.3, 0.4) is 0 Å². The summed E-state index contributed by atoms with van der Waals surface area (Å²) < 4.78 is 13.0. The van der Waals surface area contributed by atoms with Gasteiger partial charge in [0.05, 0.1) is 5.69 Å². The molecule has 1 aliphatic rings. The predicted molar refractivity (Wildman–Crippen MR) is 95.2 cm³/mol. The van der Waals surface area contributed by atoms with Gasteiger partial charge in [0.2, 0.25) is 0 Å². The molecule has 0 saturated heterocycles. The largest absolute Gasteiger partial charge is 0.360 e. The Morgan fingerprint density at radius 2 is 1.96 bits per heavy atom. The zero-order valence-electron chi connectivity index (χ0n) is 13.9. The molecule has 2 nitrogen and oxygen atoms in total. The van der Waals surface area contributed by atoms with Crippen molar-refractivity contribution in [3.8, 4) is 0 Å². The van der Waals surface area contributed by atoms with Crippen molar-refractivity contribution in [2.45, 2.75) is 38.0 Å². The predicted octanol–water partition coefficient (Wildman–Crippen LogP) is 5.23. The molecule has 1 fully saturated rings. The number of alkyl halides is 1. The van der Waals surface area contributed by atoms with Crippen molar-refractivity contribution >= 4 is 17.9 Å². The molecular weight excluding hydrogens is 325 g/mol. The van der Waals surface area contributed by atoms with Crippen LogP contribution in [0.2, 0.25) is 0 Å². The number of hydrogen-bond acceptors (Lipinski definition) is 1. The third-order valence-electron chi connectivity index (χ3n) is 4.85. The molecule has 1 N–H and O–H groups in total. The maximum absolute atomic E-state index is 13.0. The minimum Gasteiger partial charge on any atom is -0.360 e. The molecule has 1 aromatic heterocycles. The molecule has 0 radical (unpaired) electrons. The maximum atomic E-state index is 13.0. The standard InChI is InChI=1S/C20H21ClFNO/c1-13-14(2)23-19(18(13)12-24)20(21,16-7-8-16)11-3-4-15-5-9-17(22)10-6-15/h3,5-6,9-12,16,23H,4,7-8H2,1-2H3. The van der Waals surface area contributed by atoms with E-state index in [-0.39, 0.29) is 5.82 Å². The average molecular weight is 346 g/mol. The summed E-state index contributed by atoms with van der Waals surface area (Å²) in [6.07, 6.45) is 7.68. The number of carbonyl (C=O) groups is 1. The van der Waals surface area contributed by atoms with Crippen molar-refractivity contribution in [3.63, 3.8) is 0 Å². The van der Waals surface area contributed by atoms with Gasteiger partial charge in [-0.2, -0.15) is 0 Å². The molecular formula is C20H21ClFNO. The number of hydrogen-bond donors (Lipinski definition) is 1. The third kappa shape index (κ3) is 3.18. The number of halogens is 2. The Balaban J connectivity index is 1.89. The van der Waals surface area contributed by atoms with E-state index in [0.717, 1.165) is 41.6 Å². The number of H-pyrrole nitrogens is 1. The molecule has 0 amide bonds. The van der Waals surface area contributed by atoms with Crippen molar-refractivity contribution in [2.24, 2.45) is 5.92 Å². The third-order valence-corrected chi connectivity index (χ3v) is 5.47. The van der Waals surface area contributed by atoms with E-state index in [4.69, 9.17) is 11.6 Å². The molecule has 126 valence electrons. The minimum absolute atomic E-state index is 0.236. The zero-order chi connectivity index (χ0) is 17.3. The average Bonchev–Trinajstić information content (AvgIpc) is 3.37. The van der Waals surface area contributed by atoms with E-state index in [0.29, 0.717) is 17.9 Å². The fourth-order valence-corrected chi connectivity index (χ4v) is 3.56. The lowest BCUT2D eigenvalue weighted by Gasteiger charge is -2.23. The molecule has 1 aromatic carbocycles. The normalized spacial score (nSPS) is 17.2. The smallest absolute Gasteiger partial charge is 0.152 e. The molecule has 1 atom stereocenters. The Morgan fingerprint density at radius 3 is 2.54 bits per heavy atom. The van der Waals surface area contributed by atoms with Crippen LogP contribution in [0.25, 0.3) is 0 Å². The molecule has 1 heterocycles. The van der Waals surface area contributed by atoms with Gasteiger partial charge in [-0.3, -0.25) is 4.79 Å². The number of aryl methyl sites for hydroxylation is 1. The highest BCUT2D eigenvalue weighted by Crippen LogP contribution is 2.52. The number of benzene rings is 1. The van der Waals surface area contributed by atoms with E-state index in [1.807, 2.05) is 26.0 Å². The SMILES string of the molecule is Cc1[nH]c(C(Cl)(C=CCc2ccc(F)cc2)C2CC2)c(C=O)c1C. The number of aldehydes is 1. The number of rotatable bonds is 6. The van der Waals surface area contributed by atoms with Gasteiger partial charge in [0, 0.05) is 11.3 Å². The van der Waals surface area contributed by atoms with Crippen molar-refractivity contribution < 1.29 is 9.18 Å². The first-order chi connectivity index (χ1) is 11.5. The highest BCUT2D eigenvalue weighted by atomic mass is 35.5. The summed E-state index contributed by atoms with van der Waals surface area (Å²) in [7, 11) is 0. The van der Waals surface area contributed by atoms with Gasteiger partial charge in [0.25, 0.3) is 0 Å². The summed E-state index contributed by atoms with van der Waals surface area (Å²) in [5.74, 6) is 0.0974. The number of aromatic nitrogens is 1. The van der Waals surface area contributed by atoms with Crippen molar-refractivity contribution in [1.82, 2.24) is 4.98 Å². The maximum Gasteiger partial charge on any atom is 0.152 e. The Labute approximate surface area is 146 Å². The van der Waals surface area contributed by atoms with Crippen LogP contribution in [0.1, 0.15) is 45.7 Å². The second kappa shape index (κ2) is 6.56. The summed E-state index contributed by atoms with van der Waals surface area (Å²) in [6.45, 7) is 3.89. The topological polar surface area (TPSA) is 32.9 Å². The van der Waals surface area contributed by atoms with Gasteiger partial charge in [0.1, 0.15) is 10.7 Å². The van der Waals surface area contributed by atoms with E-state index in [1.165, 1.54) is 12.1 Å². The van der Waals surface area contributed by atoms with Crippen LogP contribution >= 0.6 is 11.6 Å². The van der Waals surface area contributed by atoms with Crippen LogP contribution in [0.4, 0.5) is 4.39 Å². The second-order valence-electron chi connectivity index (χ2n) is 6.56. The Hall–Kier alpha value is -1.87. The quantitative estimate of drug-likeness (QED) is 0.434. The highest BCUT2D eigenvalue weighted by Gasteiger charge is 2.45. The van der Waals surface area contributed by atoms with Crippen molar-refractivity contribution in [1.29, 1.82) is 0 Å². The monoisotopic (exact) mass is 345 g/mol. The van der Waals surface area contributed by atoms with Gasteiger partial charge >= 0.3 is 0 Å². The number of aromatic amines is 1. The first-order valence-corrected chi connectivity index (χ1v) is 8.59. The first-order valence-electron chi connectivity index (χ1n) is 8.21. The fourth-order valence-electron chi connectivity index (χ4n) is 3.10. The molecule has 4 heteroatoms. The van der Waals surface area contributed by atoms with E-state index in [2.05, 4.69) is 4.98 Å². The van der Waals surface area contributed by atoms with Crippen molar-refractivity contribution in [3.05, 3.63) is 70.3 Å². The van der Waals surface area contributed by atoms with Gasteiger partial charge in [-0.15, -0.1) is 11.6 Å². The molecule has 1 aliphatic carbocycles. The minimum atomic E-state index is -0.685. The lowest BCUT2D eigenvalue weighted by Crippen LogP contribution is -2.21. The van der Waals surface area contributed by atoms with Gasteiger partial charge in [-0.25, -0.2) is 4.39 Å². The molecule has 1 unspecified atom stereocenters. The molecule has 0 spiro atoms. The summed E-state index contributed by atoms with van der Waals surface area (Å²) in [5.41, 5.74) is 4.42. The summed E-state index contributed by atoms with van der Waals surface area (Å²) in [5, 5.41) is 0. The van der Waals surface area contributed by atoms with Gasteiger partial charge in [-0.1, -0.05) is 24.3 Å². The van der Waals surface area contributed by atoms with Gasteiger partial charge in [0.15, 0.2) is 6.29 Å². The second-order valence-corrected chi connectivity index (χ2v) is 7.18. The lowest BCUT2D eigenvalue weighted by atomic mass is 9.93. The van der Waals surface area contributed by atoms with Crippen LogP contribution in [0, 0.1) is 25.6 Å². The van der Waals surface area contributed by atoms with E-state index >= 15 is 0 Å². The highest BCUT2D eigenvalue weighted by molar-refractivity contribution is 6.26. The van der Waals surface area contributed by atoms with Crippen LogP contribution < -0.4 is 0 Å². The molecule has 1 saturated carbocycles. The van der Waals surface area contributed by atoms with Crippen LogP contribution in [-0.4, -0.2) is 11.3 Å². The number of allylic oxidation sites excluding steroid dienone is 2. The van der Waals surface area contributed by atoms with Gasteiger partial charge in [-0.05, 0) is 62.3 Å². The van der Waals surface area contributed by atoms with E-state index in [9.17, 15) is 9.18 Å². The summed E-state index contributed by atoms with van der Waals surface area (Å²) in [4.78, 5) is 14.2. The molecule has 0 aliphatic heterocycles. The van der Waals surface area contributed by atoms with Gasteiger partial charge < -0.3 is 4.98 Å². The fraction of sp³-hybridized carbons (Fsp3) is 0.350. The van der Waals surface area contributed by atoms with E-state index in [1.54, 1.807) is 12.1 Å². The zero-order valence-corrected chi connectivity index (χ0v) is 14.7. The first kappa shape index (κ1) is 17.0. The number of nitrogens with one attached hydrogen (secondary N) is 1. The van der Waals surface area contributed by atoms with Crippen LogP contribution in [-0.2, 0) is 11.3 Å². The Bertz CT molecular complexity index is 774. The Kier molecular flexibility index (Phi) is 4.64. The summed E-state index contributed by atoms with van der Waals surface area (Å²) in [6, 6.07) is 6.46. The van der Waals surface area contributed by atoms with Crippen LogP contribution in [0.15, 0.2) is 36.4 Å².